The maximum atomic E-state index is 12.7. The van der Waals surface area contributed by atoms with E-state index in [9.17, 15) is 14.4 Å². The molecule has 2 heterocycles. The quantitative estimate of drug-likeness (QED) is 0.740. The molecule has 4 rings (SSSR count). The molecule has 2 aromatic carbocycles. The van der Waals surface area contributed by atoms with Gasteiger partial charge in [0, 0.05) is 55.2 Å². The van der Waals surface area contributed by atoms with E-state index >= 15 is 0 Å². The molecule has 0 atom stereocenters. The number of benzene rings is 2. The Morgan fingerprint density at radius 1 is 1.00 bits per heavy atom. The number of nitrogens with zero attached hydrogens (tertiary/aromatic N) is 2. The van der Waals surface area contributed by atoms with Crippen molar-refractivity contribution in [1.29, 1.82) is 0 Å². The number of amides is 3. The highest BCUT2D eigenvalue weighted by atomic mass is 32.2. The van der Waals surface area contributed by atoms with Crippen LogP contribution in [0.3, 0.4) is 0 Å². The minimum absolute atomic E-state index is 0.0275. The second-order valence-corrected chi connectivity index (χ2v) is 9.02. The molecule has 0 aromatic heterocycles. The van der Waals surface area contributed by atoms with E-state index in [0.29, 0.717) is 25.2 Å². The maximum absolute atomic E-state index is 12.7. The second-order valence-electron chi connectivity index (χ2n) is 7.88. The number of para-hydroxylation sites is 1. The van der Waals surface area contributed by atoms with Gasteiger partial charge in [0.25, 0.3) is 0 Å². The van der Waals surface area contributed by atoms with Gasteiger partial charge in [-0.15, -0.1) is 11.8 Å². The van der Waals surface area contributed by atoms with Crippen LogP contribution in [0.15, 0.2) is 53.4 Å². The van der Waals surface area contributed by atoms with E-state index in [0.717, 1.165) is 41.3 Å². The molecule has 1 saturated heterocycles. The van der Waals surface area contributed by atoms with Crippen molar-refractivity contribution in [2.24, 2.45) is 0 Å². The number of anilines is 2. The number of rotatable bonds is 6. The van der Waals surface area contributed by atoms with Crippen molar-refractivity contribution in [1.82, 2.24) is 4.90 Å². The Morgan fingerprint density at radius 3 is 2.74 bits per heavy atom. The van der Waals surface area contributed by atoms with Gasteiger partial charge in [-0.2, -0.15) is 0 Å². The maximum Gasteiger partial charge on any atom is 0.227 e. The van der Waals surface area contributed by atoms with Crippen molar-refractivity contribution in [2.45, 2.75) is 43.5 Å². The van der Waals surface area contributed by atoms with Crippen LogP contribution in [0.5, 0.6) is 0 Å². The Bertz CT molecular complexity index is 978. The van der Waals surface area contributed by atoms with Gasteiger partial charge in [0.1, 0.15) is 0 Å². The number of thioether (sulfide) groups is 1. The highest BCUT2D eigenvalue weighted by molar-refractivity contribution is 7.99. The van der Waals surface area contributed by atoms with Crippen molar-refractivity contribution in [3.05, 3.63) is 54.1 Å². The van der Waals surface area contributed by atoms with Crippen molar-refractivity contribution in [3.63, 3.8) is 0 Å². The molecule has 0 bridgehead atoms. The lowest BCUT2D eigenvalue weighted by Crippen LogP contribution is -2.35. The van der Waals surface area contributed by atoms with Crippen molar-refractivity contribution >= 4 is 40.9 Å². The van der Waals surface area contributed by atoms with Crippen LogP contribution in [0.4, 0.5) is 11.4 Å². The summed E-state index contributed by atoms with van der Waals surface area (Å²) in [5, 5.41) is 2.89. The summed E-state index contributed by atoms with van der Waals surface area (Å²) in [6.07, 6.45) is 2.93. The molecule has 2 aliphatic rings. The third kappa shape index (κ3) is 5.47. The molecule has 2 aromatic rings. The zero-order valence-electron chi connectivity index (χ0n) is 17.5. The predicted octanol–water partition coefficient (Wildman–Crippen LogP) is 4.06. The molecular weight excluding hydrogens is 410 g/mol. The number of piperidine rings is 1. The van der Waals surface area contributed by atoms with Crippen LogP contribution in [0.2, 0.25) is 0 Å². The second kappa shape index (κ2) is 10.0. The van der Waals surface area contributed by atoms with E-state index in [1.165, 1.54) is 0 Å². The largest absolute Gasteiger partial charge is 0.338 e. The van der Waals surface area contributed by atoms with Crippen LogP contribution in [0.1, 0.15) is 37.7 Å². The van der Waals surface area contributed by atoms with Crippen LogP contribution >= 0.6 is 11.8 Å². The number of fused-ring (bicyclic) bond motifs is 1. The lowest BCUT2D eigenvalue weighted by Gasteiger charge is -2.29. The van der Waals surface area contributed by atoms with E-state index in [-0.39, 0.29) is 30.6 Å². The van der Waals surface area contributed by atoms with Gasteiger partial charge < -0.3 is 15.1 Å². The third-order valence-corrected chi connectivity index (χ3v) is 6.64. The number of nitrogens with one attached hydrogen (secondary N) is 1. The van der Waals surface area contributed by atoms with Crippen LogP contribution < -0.4 is 10.2 Å². The van der Waals surface area contributed by atoms with E-state index < -0.39 is 0 Å². The number of likely N-dealkylation sites (tertiary alicyclic amines) is 1. The van der Waals surface area contributed by atoms with E-state index in [4.69, 9.17) is 0 Å². The van der Waals surface area contributed by atoms with Gasteiger partial charge in [-0.3, -0.25) is 14.4 Å². The summed E-state index contributed by atoms with van der Waals surface area (Å²) in [5.41, 5.74) is 2.62. The standard InChI is InChI=1S/C24H27N3O3S/c28-22(11-12-24(30)27-14-15-31-21-9-2-1-8-20(21)27)25-19-7-5-6-18(16-19)17-26-13-4-3-10-23(26)29/h1-2,5-9,16H,3-4,10-15,17H2,(H,25,28). The van der Waals surface area contributed by atoms with Gasteiger partial charge in [0.15, 0.2) is 0 Å². The fraction of sp³-hybridized carbons (Fsp3) is 0.375. The van der Waals surface area contributed by atoms with Crippen LogP contribution in [-0.4, -0.2) is 41.5 Å². The van der Waals surface area contributed by atoms with Gasteiger partial charge >= 0.3 is 0 Å². The Labute approximate surface area is 187 Å². The lowest BCUT2D eigenvalue weighted by atomic mass is 10.1. The minimum atomic E-state index is -0.181. The van der Waals surface area contributed by atoms with Crippen LogP contribution in [0.25, 0.3) is 0 Å². The van der Waals surface area contributed by atoms with Crippen LogP contribution in [-0.2, 0) is 20.9 Å². The Morgan fingerprint density at radius 2 is 1.87 bits per heavy atom. The van der Waals surface area contributed by atoms with Crippen LogP contribution in [0, 0.1) is 0 Å². The molecule has 6 nitrogen and oxygen atoms in total. The fourth-order valence-corrected chi connectivity index (χ4v) is 5.00. The summed E-state index contributed by atoms with van der Waals surface area (Å²) in [6.45, 7) is 2.02. The predicted molar refractivity (Wildman–Crippen MR) is 123 cm³/mol. The number of hydrogen-bond acceptors (Lipinski definition) is 4. The average Bonchev–Trinajstić information content (AvgIpc) is 2.79. The zero-order chi connectivity index (χ0) is 21.6. The summed E-state index contributed by atoms with van der Waals surface area (Å²) in [4.78, 5) is 42.0. The summed E-state index contributed by atoms with van der Waals surface area (Å²) >= 11 is 1.75. The molecule has 3 amide bonds. The summed E-state index contributed by atoms with van der Waals surface area (Å²) in [6, 6.07) is 15.5. The molecule has 0 unspecified atom stereocenters. The van der Waals surface area contributed by atoms with E-state index in [1.54, 1.807) is 16.7 Å². The Hall–Kier alpha value is -2.80. The topological polar surface area (TPSA) is 69.7 Å². The monoisotopic (exact) mass is 437 g/mol. The highest BCUT2D eigenvalue weighted by Gasteiger charge is 2.23. The molecule has 0 saturated carbocycles. The normalized spacial score (nSPS) is 16.1. The van der Waals surface area contributed by atoms with Crippen molar-refractivity contribution in [3.8, 4) is 0 Å². The molecule has 7 heteroatoms. The first-order valence-corrected chi connectivity index (χ1v) is 11.8. The van der Waals surface area contributed by atoms with E-state index in [2.05, 4.69) is 5.32 Å². The lowest BCUT2D eigenvalue weighted by molar-refractivity contribution is -0.133. The SMILES string of the molecule is O=C(CCC(=O)N1CCSc2ccccc21)Nc1cccc(CN2CCCCC2=O)c1. The van der Waals surface area contributed by atoms with Gasteiger partial charge in [-0.1, -0.05) is 24.3 Å². The first kappa shape index (κ1) is 21.4. The fourth-order valence-electron chi connectivity index (χ4n) is 4.00. The van der Waals surface area contributed by atoms with Gasteiger partial charge in [-0.25, -0.2) is 0 Å². The molecule has 1 N–H and O–H groups in total. The number of carbonyl (C=O) groups is 3. The summed E-state index contributed by atoms with van der Waals surface area (Å²) < 4.78 is 0. The van der Waals surface area contributed by atoms with Crippen molar-refractivity contribution < 1.29 is 14.4 Å². The highest BCUT2D eigenvalue weighted by Crippen LogP contribution is 2.34. The van der Waals surface area contributed by atoms with Gasteiger partial charge in [0.05, 0.1) is 5.69 Å². The Balaban J connectivity index is 1.30. The molecule has 2 aliphatic heterocycles. The van der Waals surface area contributed by atoms with Crippen molar-refractivity contribution in [2.75, 3.05) is 29.1 Å². The molecule has 0 spiro atoms. The summed E-state index contributed by atoms with van der Waals surface area (Å²) in [5.74, 6) is 0.845. The third-order valence-electron chi connectivity index (χ3n) is 5.60. The minimum Gasteiger partial charge on any atom is -0.338 e. The number of hydrogen-bond donors (Lipinski definition) is 1. The molecule has 162 valence electrons. The first-order valence-electron chi connectivity index (χ1n) is 10.8. The average molecular weight is 438 g/mol. The Kier molecular flexibility index (Phi) is 6.92. The first-order chi connectivity index (χ1) is 15.1. The van der Waals surface area contributed by atoms with E-state index in [1.807, 2.05) is 53.4 Å². The molecule has 0 aliphatic carbocycles. The molecule has 1 fully saturated rings. The molecular formula is C24H27N3O3S. The van der Waals surface area contributed by atoms with Gasteiger partial charge in [0.2, 0.25) is 17.7 Å². The smallest absolute Gasteiger partial charge is 0.227 e. The summed E-state index contributed by atoms with van der Waals surface area (Å²) in [7, 11) is 0. The molecule has 31 heavy (non-hydrogen) atoms. The number of carbonyl (C=O) groups excluding carboxylic acids is 3. The van der Waals surface area contributed by atoms with Gasteiger partial charge in [-0.05, 0) is 42.7 Å². The zero-order valence-corrected chi connectivity index (χ0v) is 18.3. The molecule has 0 radical (unpaired) electrons.